The third-order valence-electron chi connectivity index (χ3n) is 3.53. The van der Waals surface area contributed by atoms with Crippen molar-refractivity contribution in [1.29, 1.82) is 0 Å². The summed E-state index contributed by atoms with van der Waals surface area (Å²) in [6, 6.07) is -0.444. The number of esters is 1. The Hall–Kier alpha value is -0.570. The van der Waals surface area contributed by atoms with E-state index in [-0.39, 0.29) is 17.5 Å². The van der Waals surface area contributed by atoms with Crippen LogP contribution in [0, 0.1) is 11.3 Å². The van der Waals surface area contributed by atoms with E-state index in [2.05, 4.69) is 20.8 Å². The molecule has 0 saturated heterocycles. The van der Waals surface area contributed by atoms with E-state index in [1.807, 2.05) is 6.92 Å². The Labute approximate surface area is 105 Å². The maximum absolute atomic E-state index is 11.8. The van der Waals surface area contributed by atoms with Gasteiger partial charge in [-0.2, -0.15) is 0 Å². The van der Waals surface area contributed by atoms with Gasteiger partial charge in [-0.3, -0.25) is 4.79 Å². The van der Waals surface area contributed by atoms with Gasteiger partial charge in [0.25, 0.3) is 0 Å². The third kappa shape index (κ3) is 4.66. The zero-order chi connectivity index (χ0) is 13.1. The van der Waals surface area contributed by atoms with Gasteiger partial charge in [-0.15, -0.1) is 0 Å². The summed E-state index contributed by atoms with van der Waals surface area (Å²) in [6.45, 7) is 8.75. The van der Waals surface area contributed by atoms with Gasteiger partial charge in [0.05, 0.1) is 0 Å². The van der Waals surface area contributed by atoms with E-state index in [0.29, 0.717) is 12.3 Å². The lowest BCUT2D eigenvalue weighted by molar-refractivity contribution is -0.155. The van der Waals surface area contributed by atoms with Crippen molar-refractivity contribution in [2.24, 2.45) is 17.1 Å². The van der Waals surface area contributed by atoms with Crippen molar-refractivity contribution in [3.8, 4) is 0 Å². The molecule has 0 amide bonds. The molecule has 0 aliphatic heterocycles. The molecule has 0 heterocycles. The molecule has 3 unspecified atom stereocenters. The molecule has 2 N–H and O–H groups in total. The Bertz CT molecular complexity index is 263. The molecule has 17 heavy (non-hydrogen) atoms. The average Bonchev–Trinajstić information content (AvgIpc) is 2.14. The molecule has 1 aliphatic rings. The predicted molar refractivity (Wildman–Crippen MR) is 69.6 cm³/mol. The zero-order valence-electron chi connectivity index (χ0n) is 11.7. The van der Waals surface area contributed by atoms with Crippen LogP contribution in [0.2, 0.25) is 0 Å². The second-order valence-corrected chi connectivity index (χ2v) is 6.37. The van der Waals surface area contributed by atoms with Crippen LogP contribution in [-0.4, -0.2) is 18.1 Å². The van der Waals surface area contributed by atoms with Crippen molar-refractivity contribution in [3.05, 3.63) is 0 Å². The van der Waals surface area contributed by atoms with Crippen LogP contribution in [0.5, 0.6) is 0 Å². The Balaban J connectivity index is 2.48. The van der Waals surface area contributed by atoms with Gasteiger partial charge >= 0.3 is 5.97 Å². The summed E-state index contributed by atoms with van der Waals surface area (Å²) < 4.78 is 5.55. The number of hydrogen-bond donors (Lipinski definition) is 1. The highest BCUT2D eigenvalue weighted by Gasteiger charge is 2.34. The molecule has 0 aromatic rings. The van der Waals surface area contributed by atoms with E-state index in [0.717, 1.165) is 19.3 Å². The Morgan fingerprint density at radius 3 is 2.65 bits per heavy atom. The first-order valence-electron chi connectivity index (χ1n) is 6.80. The largest absolute Gasteiger partial charge is 0.461 e. The SMILES string of the molecule is CCCC(N)C(=O)OC1CC(C)CC(C)(C)C1. The van der Waals surface area contributed by atoms with E-state index < -0.39 is 6.04 Å². The second-order valence-electron chi connectivity index (χ2n) is 6.37. The summed E-state index contributed by atoms with van der Waals surface area (Å²) in [5.41, 5.74) is 6.05. The molecule has 3 atom stereocenters. The highest BCUT2D eigenvalue weighted by atomic mass is 16.5. The van der Waals surface area contributed by atoms with Crippen molar-refractivity contribution in [2.45, 2.75) is 71.9 Å². The fourth-order valence-electron chi connectivity index (χ4n) is 3.03. The molecule has 1 aliphatic carbocycles. The maximum Gasteiger partial charge on any atom is 0.323 e. The number of nitrogens with two attached hydrogens (primary N) is 1. The fourth-order valence-corrected chi connectivity index (χ4v) is 3.03. The topological polar surface area (TPSA) is 52.3 Å². The average molecular weight is 241 g/mol. The van der Waals surface area contributed by atoms with Crippen LogP contribution in [-0.2, 0) is 9.53 Å². The van der Waals surface area contributed by atoms with E-state index in [9.17, 15) is 4.79 Å². The van der Waals surface area contributed by atoms with Crippen molar-refractivity contribution in [3.63, 3.8) is 0 Å². The fraction of sp³-hybridized carbons (Fsp3) is 0.929. The van der Waals surface area contributed by atoms with Gasteiger partial charge in [0.2, 0.25) is 0 Å². The summed E-state index contributed by atoms with van der Waals surface area (Å²) in [5, 5.41) is 0. The van der Waals surface area contributed by atoms with Gasteiger partial charge in [0.15, 0.2) is 0 Å². The van der Waals surface area contributed by atoms with E-state index >= 15 is 0 Å². The Kier molecular flexibility index (Phi) is 4.99. The van der Waals surface area contributed by atoms with Crippen LogP contribution < -0.4 is 5.73 Å². The van der Waals surface area contributed by atoms with Gasteiger partial charge < -0.3 is 10.5 Å². The molecule has 0 radical (unpaired) electrons. The smallest absolute Gasteiger partial charge is 0.323 e. The molecule has 0 spiro atoms. The van der Waals surface area contributed by atoms with Crippen LogP contribution in [0.4, 0.5) is 0 Å². The first-order valence-corrected chi connectivity index (χ1v) is 6.80. The molecule has 100 valence electrons. The number of rotatable bonds is 4. The van der Waals surface area contributed by atoms with E-state index in [1.54, 1.807) is 0 Å². The van der Waals surface area contributed by atoms with Crippen molar-refractivity contribution >= 4 is 5.97 Å². The van der Waals surface area contributed by atoms with Crippen LogP contribution >= 0.6 is 0 Å². The van der Waals surface area contributed by atoms with Gasteiger partial charge in [0, 0.05) is 0 Å². The minimum absolute atomic E-state index is 0.0594. The molecule has 3 nitrogen and oxygen atoms in total. The normalized spacial score (nSPS) is 29.7. The monoisotopic (exact) mass is 241 g/mol. The van der Waals surface area contributed by atoms with Crippen LogP contribution in [0.3, 0.4) is 0 Å². The van der Waals surface area contributed by atoms with Crippen LogP contribution in [0.1, 0.15) is 59.8 Å². The summed E-state index contributed by atoms with van der Waals surface area (Å²) in [4.78, 5) is 11.8. The minimum Gasteiger partial charge on any atom is -0.461 e. The first-order chi connectivity index (χ1) is 7.84. The second kappa shape index (κ2) is 5.85. The lowest BCUT2D eigenvalue weighted by Crippen LogP contribution is -2.39. The van der Waals surface area contributed by atoms with E-state index in [4.69, 9.17) is 10.5 Å². The highest BCUT2D eigenvalue weighted by Crippen LogP contribution is 2.39. The molecular weight excluding hydrogens is 214 g/mol. The molecule has 3 heteroatoms. The lowest BCUT2D eigenvalue weighted by Gasteiger charge is -2.38. The zero-order valence-corrected chi connectivity index (χ0v) is 11.7. The van der Waals surface area contributed by atoms with Crippen LogP contribution in [0.25, 0.3) is 0 Å². The summed E-state index contributed by atoms with van der Waals surface area (Å²) in [5.74, 6) is 0.403. The predicted octanol–water partition coefficient (Wildman–Crippen LogP) is 2.87. The van der Waals surface area contributed by atoms with Crippen LogP contribution in [0.15, 0.2) is 0 Å². The minimum atomic E-state index is -0.444. The van der Waals surface area contributed by atoms with Crippen molar-refractivity contribution < 1.29 is 9.53 Å². The third-order valence-corrected chi connectivity index (χ3v) is 3.53. The summed E-state index contributed by atoms with van der Waals surface area (Å²) in [6.07, 6.45) is 4.84. The Morgan fingerprint density at radius 1 is 1.47 bits per heavy atom. The number of ether oxygens (including phenoxy) is 1. The molecule has 0 aromatic carbocycles. The standard InChI is InChI=1S/C14H27NO2/c1-5-6-12(15)13(16)17-11-7-10(2)8-14(3,4)9-11/h10-12H,5-9,15H2,1-4H3. The molecule has 0 bridgehead atoms. The highest BCUT2D eigenvalue weighted by molar-refractivity contribution is 5.75. The van der Waals surface area contributed by atoms with Crippen molar-refractivity contribution in [2.75, 3.05) is 0 Å². The number of hydrogen-bond acceptors (Lipinski definition) is 3. The van der Waals surface area contributed by atoms with Crippen molar-refractivity contribution in [1.82, 2.24) is 0 Å². The summed E-state index contributed by atoms with van der Waals surface area (Å²) in [7, 11) is 0. The summed E-state index contributed by atoms with van der Waals surface area (Å²) >= 11 is 0. The molecule has 0 aromatic heterocycles. The lowest BCUT2D eigenvalue weighted by atomic mass is 9.71. The van der Waals surface area contributed by atoms with Gasteiger partial charge in [-0.1, -0.05) is 34.1 Å². The molecule has 1 rings (SSSR count). The molecule has 1 saturated carbocycles. The quantitative estimate of drug-likeness (QED) is 0.770. The van der Waals surface area contributed by atoms with Gasteiger partial charge in [-0.05, 0) is 37.0 Å². The van der Waals surface area contributed by atoms with Gasteiger partial charge in [-0.25, -0.2) is 0 Å². The number of carbonyl (C=O) groups excluding carboxylic acids is 1. The van der Waals surface area contributed by atoms with Gasteiger partial charge in [0.1, 0.15) is 12.1 Å². The van der Waals surface area contributed by atoms with E-state index in [1.165, 1.54) is 6.42 Å². The maximum atomic E-state index is 11.8. The molecular formula is C14H27NO2. The first kappa shape index (κ1) is 14.5. The Morgan fingerprint density at radius 2 is 2.12 bits per heavy atom. The number of carbonyl (C=O) groups is 1. The molecule has 1 fully saturated rings.